The molecule has 17 heavy (non-hydrogen) atoms. The minimum Gasteiger partial charge on any atom is -0.450 e. The lowest BCUT2D eigenvalue weighted by Gasteiger charge is -2.44. The molecule has 1 spiro atoms. The molecule has 0 aromatic heterocycles. The van der Waals surface area contributed by atoms with Crippen molar-refractivity contribution in [1.29, 1.82) is 0 Å². The van der Waals surface area contributed by atoms with E-state index in [9.17, 15) is 4.79 Å². The van der Waals surface area contributed by atoms with Crippen LogP contribution < -0.4 is 10.6 Å². The quantitative estimate of drug-likeness (QED) is 0.778. The summed E-state index contributed by atoms with van der Waals surface area (Å²) in [5.41, 5.74) is 0.292. The van der Waals surface area contributed by atoms with E-state index in [1.807, 2.05) is 6.92 Å². The summed E-state index contributed by atoms with van der Waals surface area (Å²) in [5.74, 6) is 0. The predicted molar refractivity (Wildman–Crippen MR) is 67.0 cm³/mol. The Morgan fingerprint density at radius 3 is 2.88 bits per heavy atom. The standard InChI is InChI=1S/C13H24N2O2/c1-2-17-12(16)15-11-6-9-14-13(10-11)7-4-3-5-8-13/h11,14H,2-10H2,1H3,(H,15,16). The number of alkyl carbamates (subject to hydrolysis) is 1. The van der Waals surface area contributed by atoms with Crippen LogP contribution in [0.2, 0.25) is 0 Å². The number of carbonyl (C=O) groups excluding carboxylic acids is 1. The highest BCUT2D eigenvalue weighted by Crippen LogP contribution is 2.34. The third-order valence-corrected chi connectivity index (χ3v) is 4.04. The van der Waals surface area contributed by atoms with Crippen molar-refractivity contribution in [3.8, 4) is 0 Å². The van der Waals surface area contributed by atoms with Gasteiger partial charge < -0.3 is 15.4 Å². The topological polar surface area (TPSA) is 50.4 Å². The maximum Gasteiger partial charge on any atom is 0.407 e. The molecule has 4 nitrogen and oxygen atoms in total. The van der Waals surface area contributed by atoms with Gasteiger partial charge in [0.05, 0.1) is 6.61 Å². The summed E-state index contributed by atoms with van der Waals surface area (Å²) in [5, 5.41) is 6.67. The van der Waals surface area contributed by atoms with Crippen molar-refractivity contribution in [2.75, 3.05) is 13.2 Å². The molecule has 0 radical (unpaired) electrons. The summed E-state index contributed by atoms with van der Waals surface area (Å²) < 4.78 is 4.95. The summed E-state index contributed by atoms with van der Waals surface area (Å²) in [4.78, 5) is 11.4. The van der Waals surface area contributed by atoms with Crippen molar-refractivity contribution in [1.82, 2.24) is 10.6 Å². The first-order valence-corrected chi connectivity index (χ1v) is 6.92. The molecule has 2 rings (SSSR count). The Bertz CT molecular complexity index is 257. The fourth-order valence-corrected chi connectivity index (χ4v) is 3.23. The molecule has 98 valence electrons. The lowest BCUT2D eigenvalue weighted by molar-refractivity contribution is 0.126. The molecule has 2 N–H and O–H groups in total. The van der Waals surface area contributed by atoms with Gasteiger partial charge in [-0.15, -0.1) is 0 Å². The van der Waals surface area contributed by atoms with Gasteiger partial charge in [0, 0.05) is 11.6 Å². The van der Waals surface area contributed by atoms with Crippen LogP contribution in [0.4, 0.5) is 4.79 Å². The Labute approximate surface area is 103 Å². The van der Waals surface area contributed by atoms with Gasteiger partial charge in [-0.3, -0.25) is 0 Å². The number of nitrogens with one attached hydrogen (secondary N) is 2. The van der Waals surface area contributed by atoms with Gasteiger partial charge in [-0.1, -0.05) is 19.3 Å². The minimum atomic E-state index is -0.259. The number of hydrogen-bond donors (Lipinski definition) is 2. The van der Waals surface area contributed by atoms with Crippen LogP contribution in [0.1, 0.15) is 51.9 Å². The lowest BCUT2D eigenvalue weighted by Crippen LogP contribution is -2.57. The first kappa shape index (κ1) is 12.7. The smallest absolute Gasteiger partial charge is 0.407 e. The van der Waals surface area contributed by atoms with E-state index in [2.05, 4.69) is 10.6 Å². The molecular formula is C13H24N2O2. The van der Waals surface area contributed by atoms with E-state index in [1.54, 1.807) is 0 Å². The maximum atomic E-state index is 11.4. The molecule has 0 bridgehead atoms. The summed E-state index contributed by atoms with van der Waals surface area (Å²) in [6.07, 6.45) is 8.33. The molecule has 1 saturated heterocycles. The van der Waals surface area contributed by atoms with Crippen molar-refractivity contribution in [3.63, 3.8) is 0 Å². The Balaban J connectivity index is 1.85. The normalized spacial score (nSPS) is 27.7. The van der Waals surface area contributed by atoms with Crippen LogP contribution in [0.5, 0.6) is 0 Å². The van der Waals surface area contributed by atoms with Crippen LogP contribution in [0.25, 0.3) is 0 Å². The van der Waals surface area contributed by atoms with E-state index < -0.39 is 0 Å². The van der Waals surface area contributed by atoms with Crippen LogP contribution in [0.15, 0.2) is 0 Å². The second kappa shape index (κ2) is 5.71. The number of rotatable bonds is 2. The van der Waals surface area contributed by atoms with Crippen molar-refractivity contribution < 1.29 is 9.53 Å². The monoisotopic (exact) mass is 240 g/mol. The molecule has 0 aromatic carbocycles. The summed E-state index contributed by atoms with van der Waals surface area (Å²) in [7, 11) is 0. The fourth-order valence-electron chi connectivity index (χ4n) is 3.23. The molecule has 0 aromatic rings. The molecule has 1 atom stereocenters. The Kier molecular flexibility index (Phi) is 4.26. The number of hydrogen-bond acceptors (Lipinski definition) is 3. The van der Waals surface area contributed by atoms with Gasteiger partial charge in [0.25, 0.3) is 0 Å². The fraction of sp³-hybridized carbons (Fsp3) is 0.923. The first-order valence-electron chi connectivity index (χ1n) is 6.92. The molecule has 1 saturated carbocycles. The molecule has 1 heterocycles. The van der Waals surface area contributed by atoms with E-state index in [4.69, 9.17) is 4.74 Å². The van der Waals surface area contributed by atoms with Crippen molar-refractivity contribution in [2.45, 2.75) is 63.5 Å². The highest BCUT2D eigenvalue weighted by Gasteiger charge is 2.37. The van der Waals surface area contributed by atoms with Crippen LogP contribution in [0, 0.1) is 0 Å². The summed E-state index contributed by atoms with van der Waals surface area (Å²) >= 11 is 0. The van der Waals surface area contributed by atoms with E-state index in [0.29, 0.717) is 12.1 Å². The van der Waals surface area contributed by atoms with Gasteiger partial charge in [-0.05, 0) is 39.2 Å². The zero-order valence-electron chi connectivity index (χ0n) is 10.8. The Morgan fingerprint density at radius 2 is 2.18 bits per heavy atom. The maximum absolute atomic E-state index is 11.4. The minimum absolute atomic E-state index is 0.259. The summed E-state index contributed by atoms with van der Waals surface area (Å²) in [6, 6.07) is 0.286. The lowest BCUT2D eigenvalue weighted by atomic mass is 9.75. The largest absolute Gasteiger partial charge is 0.450 e. The second-order valence-corrected chi connectivity index (χ2v) is 5.32. The van der Waals surface area contributed by atoms with Gasteiger partial charge in [-0.2, -0.15) is 0 Å². The van der Waals surface area contributed by atoms with E-state index in [-0.39, 0.29) is 12.1 Å². The average Bonchev–Trinajstić information content (AvgIpc) is 2.30. The number of amides is 1. The molecule has 1 amide bonds. The van der Waals surface area contributed by atoms with Gasteiger partial charge in [0.15, 0.2) is 0 Å². The van der Waals surface area contributed by atoms with Crippen LogP contribution in [0.3, 0.4) is 0 Å². The average molecular weight is 240 g/mol. The van der Waals surface area contributed by atoms with Crippen LogP contribution >= 0.6 is 0 Å². The Hall–Kier alpha value is -0.770. The summed E-state index contributed by atoms with van der Waals surface area (Å²) in [6.45, 7) is 3.30. The van der Waals surface area contributed by atoms with Crippen molar-refractivity contribution in [3.05, 3.63) is 0 Å². The third-order valence-electron chi connectivity index (χ3n) is 4.04. The van der Waals surface area contributed by atoms with Crippen LogP contribution in [-0.2, 0) is 4.74 Å². The van der Waals surface area contributed by atoms with Gasteiger partial charge in [-0.25, -0.2) is 4.79 Å². The predicted octanol–water partition coefficient (Wildman–Crippen LogP) is 2.19. The van der Waals surface area contributed by atoms with Gasteiger partial charge >= 0.3 is 6.09 Å². The number of carbonyl (C=O) groups is 1. The highest BCUT2D eigenvalue weighted by atomic mass is 16.5. The molecule has 2 aliphatic rings. The molecule has 1 aliphatic heterocycles. The molecule has 2 fully saturated rings. The van der Waals surface area contributed by atoms with E-state index in [0.717, 1.165) is 19.4 Å². The Morgan fingerprint density at radius 1 is 1.41 bits per heavy atom. The molecular weight excluding hydrogens is 216 g/mol. The second-order valence-electron chi connectivity index (χ2n) is 5.32. The zero-order chi connectivity index (χ0) is 12.1. The zero-order valence-corrected chi connectivity index (χ0v) is 10.8. The van der Waals surface area contributed by atoms with Crippen molar-refractivity contribution >= 4 is 6.09 Å². The SMILES string of the molecule is CCOC(=O)NC1CCNC2(CCCCC2)C1. The molecule has 4 heteroatoms. The molecule has 1 aliphatic carbocycles. The van der Waals surface area contributed by atoms with Crippen molar-refractivity contribution in [2.24, 2.45) is 0 Å². The number of ether oxygens (including phenoxy) is 1. The van der Waals surface area contributed by atoms with Crippen LogP contribution in [-0.4, -0.2) is 30.8 Å². The van der Waals surface area contributed by atoms with Gasteiger partial charge in [0.1, 0.15) is 0 Å². The van der Waals surface area contributed by atoms with E-state index >= 15 is 0 Å². The molecule has 1 unspecified atom stereocenters. The first-order chi connectivity index (χ1) is 8.24. The number of piperidine rings is 1. The highest BCUT2D eigenvalue weighted by molar-refractivity contribution is 5.67. The van der Waals surface area contributed by atoms with E-state index in [1.165, 1.54) is 32.1 Å². The van der Waals surface area contributed by atoms with Gasteiger partial charge in [0.2, 0.25) is 0 Å². The third kappa shape index (κ3) is 3.35.